The number of nitrogens with zero attached hydrogens (tertiary/aromatic N) is 2. The van der Waals surface area contributed by atoms with Crippen molar-refractivity contribution in [3.8, 4) is 0 Å². The second-order valence-corrected chi connectivity index (χ2v) is 5.32. The van der Waals surface area contributed by atoms with E-state index in [9.17, 15) is 22.4 Å². The molecule has 0 radical (unpaired) electrons. The lowest BCUT2D eigenvalue weighted by molar-refractivity contribution is -0.137. The van der Waals surface area contributed by atoms with E-state index >= 15 is 0 Å². The molecule has 0 aliphatic rings. The van der Waals surface area contributed by atoms with E-state index in [1.807, 2.05) is 0 Å². The summed E-state index contributed by atoms with van der Waals surface area (Å²) in [7, 11) is 1.50. The molecule has 1 aromatic carbocycles. The number of aromatic nitrogens is 1. The normalized spacial score (nSPS) is 11.2. The Kier molecular flexibility index (Phi) is 5.28. The van der Waals surface area contributed by atoms with Gasteiger partial charge in [-0.2, -0.15) is 17.6 Å². The summed E-state index contributed by atoms with van der Waals surface area (Å²) in [5.74, 6) is -1.07. The number of pyridine rings is 1. The molecule has 0 aliphatic heterocycles. The van der Waals surface area contributed by atoms with Gasteiger partial charge in [0.05, 0.1) is 17.1 Å². The topological polar surface area (TPSA) is 45.2 Å². The minimum atomic E-state index is -4.62. The number of likely N-dealkylation sites (N-methyl/N-ethyl adjacent to an activating group) is 1. The molecule has 0 atom stereocenters. The Bertz CT molecular complexity index is 752. The molecule has 0 bridgehead atoms. The van der Waals surface area contributed by atoms with Crippen molar-refractivity contribution in [1.29, 1.82) is 0 Å². The van der Waals surface area contributed by atoms with Crippen LogP contribution in [-0.2, 0) is 11.0 Å². The van der Waals surface area contributed by atoms with E-state index in [0.29, 0.717) is 0 Å². The van der Waals surface area contributed by atoms with Gasteiger partial charge in [0.15, 0.2) is 0 Å². The summed E-state index contributed by atoms with van der Waals surface area (Å²) in [5.41, 5.74) is -1.08. The Balaban J connectivity index is 2.07. The van der Waals surface area contributed by atoms with E-state index in [-0.39, 0.29) is 18.1 Å². The Morgan fingerprint density at radius 3 is 2.62 bits per heavy atom. The molecule has 0 spiro atoms. The van der Waals surface area contributed by atoms with Crippen LogP contribution in [0.2, 0.25) is 5.02 Å². The zero-order valence-electron chi connectivity index (χ0n) is 12.4. The molecule has 0 aliphatic carbocycles. The van der Waals surface area contributed by atoms with E-state index in [4.69, 9.17) is 11.6 Å². The van der Waals surface area contributed by atoms with Gasteiger partial charge < -0.3 is 10.2 Å². The Morgan fingerprint density at radius 2 is 2.00 bits per heavy atom. The minimum absolute atomic E-state index is 0.0441. The molecule has 0 fully saturated rings. The number of benzene rings is 1. The van der Waals surface area contributed by atoms with E-state index < -0.39 is 28.6 Å². The molecule has 0 saturated heterocycles. The lowest BCUT2D eigenvalue weighted by Gasteiger charge is -2.18. The Labute approximate surface area is 140 Å². The molecule has 4 nitrogen and oxygen atoms in total. The van der Waals surface area contributed by atoms with Crippen LogP contribution in [-0.4, -0.2) is 24.5 Å². The van der Waals surface area contributed by atoms with Gasteiger partial charge in [0.25, 0.3) is 0 Å². The highest BCUT2D eigenvalue weighted by atomic mass is 35.5. The second-order valence-electron chi connectivity index (χ2n) is 4.92. The zero-order valence-corrected chi connectivity index (χ0v) is 13.1. The van der Waals surface area contributed by atoms with Crippen molar-refractivity contribution in [2.45, 2.75) is 6.18 Å². The molecule has 1 aromatic heterocycles. The van der Waals surface area contributed by atoms with Crippen molar-refractivity contribution in [1.82, 2.24) is 4.98 Å². The maximum atomic E-state index is 13.0. The molecule has 1 N–H and O–H groups in total. The smallest absolute Gasteiger partial charge is 0.350 e. The number of carbonyl (C=O) groups excluding carboxylic acids is 1. The third-order valence-electron chi connectivity index (χ3n) is 3.03. The van der Waals surface area contributed by atoms with E-state index in [2.05, 4.69) is 10.3 Å². The number of carbonyl (C=O) groups is 1. The number of alkyl halides is 3. The fourth-order valence-corrected chi connectivity index (χ4v) is 2.15. The Morgan fingerprint density at radius 1 is 1.29 bits per heavy atom. The number of nitrogens with one attached hydrogen (secondary N) is 1. The molecule has 2 rings (SSSR count). The van der Waals surface area contributed by atoms with Crippen LogP contribution in [0.1, 0.15) is 5.56 Å². The first-order valence-electron chi connectivity index (χ1n) is 6.67. The zero-order chi connectivity index (χ0) is 17.9. The predicted molar refractivity (Wildman–Crippen MR) is 82.5 cm³/mol. The van der Waals surface area contributed by atoms with E-state index in [1.54, 1.807) is 0 Å². The molecular weight excluding hydrogens is 350 g/mol. The number of amides is 1. The standard InChI is InChI=1S/C15H12ClF4N3O/c1-23(13-4-2-3-12(17)22-13)8-14(24)21-9-5-6-11(16)10(7-9)15(18,19)20/h2-7H,8H2,1H3,(H,21,24). The number of halogens is 5. The van der Waals surface area contributed by atoms with Crippen LogP contribution in [0.4, 0.5) is 29.1 Å². The summed E-state index contributed by atoms with van der Waals surface area (Å²) in [6, 6.07) is 7.15. The first-order valence-corrected chi connectivity index (χ1v) is 7.05. The van der Waals surface area contributed by atoms with E-state index in [1.165, 1.54) is 30.1 Å². The average Bonchev–Trinajstić information content (AvgIpc) is 2.48. The molecule has 1 heterocycles. The van der Waals surface area contributed by atoms with Gasteiger partial charge in [-0.15, -0.1) is 0 Å². The largest absolute Gasteiger partial charge is 0.417 e. The van der Waals surface area contributed by atoms with Crippen LogP contribution in [0.25, 0.3) is 0 Å². The van der Waals surface area contributed by atoms with Gasteiger partial charge in [-0.05, 0) is 30.3 Å². The van der Waals surface area contributed by atoms with Gasteiger partial charge >= 0.3 is 6.18 Å². The number of anilines is 2. The van der Waals surface area contributed by atoms with Crippen LogP contribution in [0.15, 0.2) is 36.4 Å². The van der Waals surface area contributed by atoms with Gasteiger partial charge in [0, 0.05) is 12.7 Å². The molecule has 24 heavy (non-hydrogen) atoms. The molecular formula is C15H12ClF4N3O. The predicted octanol–water partition coefficient (Wildman–Crippen LogP) is 3.97. The van der Waals surface area contributed by atoms with Crippen LogP contribution < -0.4 is 10.2 Å². The average molecular weight is 362 g/mol. The van der Waals surface area contributed by atoms with Gasteiger partial charge in [-0.1, -0.05) is 17.7 Å². The third kappa shape index (κ3) is 4.58. The maximum Gasteiger partial charge on any atom is 0.417 e. The first kappa shape index (κ1) is 18.0. The van der Waals surface area contributed by atoms with Crippen molar-refractivity contribution in [3.63, 3.8) is 0 Å². The highest BCUT2D eigenvalue weighted by Crippen LogP contribution is 2.36. The van der Waals surface area contributed by atoms with Crippen LogP contribution in [0.5, 0.6) is 0 Å². The van der Waals surface area contributed by atoms with Crippen molar-refractivity contribution in [2.24, 2.45) is 0 Å². The lowest BCUT2D eigenvalue weighted by Crippen LogP contribution is -2.30. The lowest BCUT2D eigenvalue weighted by atomic mass is 10.2. The van der Waals surface area contributed by atoms with Crippen molar-refractivity contribution < 1.29 is 22.4 Å². The molecule has 0 saturated carbocycles. The maximum absolute atomic E-state index is 13.0. The van der Waals surface area contributed by atoms with Crippen LogP contribution >= 0.6 is 11.6 Å². The molecule has 128 valence electrons. The van der Waals surface area contributed by atoms with Gasteiger partial charge in [0.2, 0.25) is 11.9 Å². The summed E-state index contributed by atoms with van der Waals surface area (Å²) in [4.78, 5) is 16.9. The van der Waals surface area contributed by atoms with Crippen molar-refractivity contribution in [2.75, 3.05) is 23.8 Å². The molecule has 9 heteroatoms. The molecule has 2 aromatic rings. The summed E-state index contributed by atoms with van der Waals surface area (Å²) in [6.45, 7) is -0.222. The summed E-state index contributed by atoms with van der Waals surface area (Å²) < 4.78 is 51.4. The number of hydrogen-bond acceptors (Lipinski definition) is 3. The molecule has 1 amide bonds. The van der Waals surface area contributed by atoms with Crippen LogP contribution in [0.3, 0.4) is 0 Å². The van der Waals surface area contributed by atoms with Gasteiger partial charge in [-0.3, -0.25) is 4.79 Å². The van der Waals surface area contributed by atoms with E-state index in [0.717, 1.165) is 18.2 Å². The second kappa shape index (κ2) is 7.04. The van der Waals surface area contributed by atoms with Crippen molar-refractivity contribution >= 4 is 29.0 Å². The highest BCUT2D eigenvalue weighted by Gasteiger charge is 2.33. The molecule has 0 unspecified atom stereocenters. The SMILES string of the molecule is CN(CC(=O)Nc1ccc(Cl)c(C(F)(F)F)c1)c1cccc(F)n1. The fourth-order valence-electron chi connectivity index (χ4n) is 1.93. The summed E-state index contributed by atoms with van der Waals surface area (Å²) in [5, 5.41) is 1.88. The highest BCUT2D eigenvalue weighted by molar-refractivity contribution is 6.31. The quantitative estimate of drug-likeness (QED) is 0.662. The summed E-state index contributed by atoms with van der Waals surface area (Å²) in [6.07, 6.45) is -4.62. The first-order chi connectivity index (χ1) is 11.2. The summed E-state index contributed by atoms with van der Waals surface area (Å²) >= 11 is 5.51. The Hall–Kier alpha value is -2.35. The number of hydrogen-bond donors (Lipinski definition) is 1. The minimum Gasteiger partial charge on any atom is -0.350 e. The van der Waals surface area contributed by atoms with Crippen molar-refractivity contribution in [3.05, 3.63) is 52.9 Å². The van der Waals surface area contributed by atoms with Crippen LogP contribution in [0, 0.1) is 5.95 Å². The monoisotopic (exact) mass is 361 g/mol. The fraction of sp³-hybridized carbons (Fsp3) is 0.200. The number of rotatable bonds is 4. The third-order valence-corrected chi connectivity index (χ3v) is 3.36. The van der Waals surface area contributed by atoms with Gasteiger partial charge in [-0.25, -0.2) is 4.98 Å². The van der Waals surface area contributed by atoms with Gasteiger partial charge in [0.1, 0.15) is 5.82 Å².